The molecule has 7 nitrogen and oxygen atoms in total. The van der Waals surface area contributed by atoms with Gasteiger partial charge in [-0.15, -0.1) is 0 Å². The number of H-pyrrole nitrogens is 1. The number of aromatic amines is 1. The number of amides is 1. The minimum absolute atomic E-state index is 0.116. The molecule has 2 aromatic carbocycles. The van der Waals surface area contributed by atoms with E-state index in [1.807, 2.05) is 38.1 Å². The number of likely N-dealkylation sites (tertiary alicyclic amines) is 1. The minimum Gasteiger partial charge on any atom is -0.454 e. The van der Waals surface area contributed by atoms with Crippen molar-refractivity contribution >= 4 is 29.0 Å². The molecule has 2 heterocycles. The number of benzene rings is 2. The molecule has 0 unspecified atom stereocenters. The molecule has 1 fully saturated rings. The molecule has 7 heteroatoms. The molecule has 1 amide bonds. The van der Waals surface area contributed by atoms with Crippen LogP contribution in [0, 0.1) is 13.8 Å². The van der Waals surface area contributed by atoms with Gasteiger partial charge in [-0.25, -0.2) is 4.79 Å². The van der Waals surface area contributed by atoms with Crippen molar-refractivity contribution in [1.29, 1.82) is 0 Å². The Bertz CT molecular complexity index is 1190. The fourth-order valence-electron chi connectivity index (χ4n) is 3.86. The highest BCUT2D eigenvalue weighted by atomic mass is 16.5. The molecule has 1 aliphatic rings. The monoisotopic (exact) mass is 445 g/mol. The van der Waals surface area contributed by atoms with Gasteiger partial charge in [0, 0.05) is 30.5 Å². The van der Waals surface area contributed by atoms with Crippen LogP contribution >= 0.6 is 0 Å². The number of aryl methyl sites for hydroxylation is 1. The van der Waals surface area contributed by atoms with Gasteiger partial charge in [0.15, 0.2) is 6.61 Å². The predicted octanol–water partition coefficient (Wildman–Crippen LogP) is 4.65. The molecular formula is C26H27N3O4. The van der Waals surface area contributed by atoms with Crippen molar-refractivity contribution in [2.45, 2.75) is 26.7 Å². The number of esters is 1. The van der Waals surface area contributed by atoms with Gasteiger partial charge < -0.3 is 19.9 Å². The fourth-order valence-corrected chi connectivity index (χ4v) is 3.86. The first-order valence-electron chi connectivity index (χ1n) is 11.0. The Hall–Kier alpha value is -3.87. The van der Waals surface area contributed by atoms with Crippen LogP contribution in [0.3, 0.4) is 0 Å². The van der Waals surface area contributed by atoms with Crippen LogP contribution in [0.5, 0.6) is 0 Å². The first-order chi connectivity index (χ1) is 15.9. The number of carbonyl (C=O) groups excluding carboxylic acids is 3. The van der Waals surface area contributed by atoms with E-state index in [1.54, 1.807) is 23.1 Å². The van der Waals surface area contributed by atoms with Crippen molar-refractivity contribution in [2.75, 3.05) is 25.0 Å². The van der Waals surface area contributed by atoms with E-state index in [4.69, 9.17) is 4.74 Å². The topological polar surface area (TPSA) is 91.5 Å². The van der Waals surface area contributed by atoms with Crippen LogP contribution in [0.25, 0.3) is 0 Å². The highest BCUT2D eigenvalue weighted by Gasteiger charge is 2.22. The van der Waals surface area contributed by atoms with Gasteiger partial charge in [-0.2, -0.15) is 0 Å². The van der Waals surface area contributed by atoms with E-state index < -0.39 is 12.6 Å². The number of Topliss-reactive ketones (excluding diaryl/α,β-unsaturated/α-hetero) is 1. The molecule has 4 rings (SSSR count). The largest absolute Gasteiger partial charge is 0.454 e. The smallest absolute Gasteiger partial charge is 0.340 e. The Kier molecular flexibility index (Phi) is 6.58. The average Bonchev–Trinajstić information content (AvgIpc) is 3.53. The molecule has 0 atom stereocenters. The van der Waals surface area contributed by atoms with E-state index in [0.717, 1.165) is 42.7 Å². The van der Waals surface area contributed by atoms with Crippen LogP contribution in [0.15, 0.2) is 54.7 Å². The summed E-state index contributed by atoms with van der Waals surface area (Å²) in [6, 6.07) is 14.5. The fraction of sp³-hybridized carbons (Fsp3) is 0.269. The zero-order valence-corrected chi connectivity index (χ0v) is 18.8. The number of hydrogen-bond donors (Lipinski definition) is 2. The zero-order valence-electron chi connectivity index (χ0n) is 18.8. The van der Waals surface area contributed by atoms with E-state index in [9.17, 15) is 14.4 Å². The van der Waals surface area contributed by atoms with Gasteiger partial charge >= 0.3 is 5.97 Å². The summed E-state index contributed by atoms with van der Waals surface area (Å²) in [4.78, 5) is 42.4. The lowest BCUT2D eigenvalue weighted by Crippen LogP contribution is -2.27. The molecule has 0 saturated carbocycles. The Morgan fingerprint density at radius 2 is 1.73 bits per heavy atom. The number of anilines is 2. The number of carbonyl (C=O) groups is 3. The van der Waals surface area contributed by atoms with Gasteiger partial charge in [0.1, 0.15) is 5.69 Å². The molecule has 33 heavy (non-hydrogen) atoms. The molecule has 0 aliphatic carbocycles. The van der Waals surface area contributed by atoms with Crippen molar-refractivity contribution in [1.82, 2.24) is 9.88 Å². The first-order valence-corrected chi connectivity index (χ1v) is 11.0. The molecule has 1 aromatic heterocycles. The Balaban J connectivity index is 1.41. The Morgan fingerprint density at radius 1 is 1.00 bits per heavy atom. The molecule has 170 valence electrons. The predicted molar refractivity (Wildman–Crippen MR) is 126 cm³/mol. The van der Waals surface area contributed by atoms with Gasteiger partial charge in [-0.05, 0) is 62.1 Å². The molecule has 1 aliphatic heterocycles. The zero-order chi connectivity index (χ0) is 23.4. The van der Waals surface area contributed by atoms with Gasteiger partial charge in [-0.3, -0.25) is 9.59 Å². The number of nitrogens with zero attached hydrogens (tertiary/aromatic N) is 1. The van der Waals surface area contributed by atoms with Crippen LogP contribution < -0.4 is 5.32 Å². The number of ketones is 1. The third kappa shape index (κ3) is 4.98. The second-order valence-electron chi connectivity index (χ2n) is 8.22. The van der Waals surface area contributed by atoms with Gasteiger partial charge in [0.2, 0.25) is 5.78 Å². The van der Waals surface area contributed by atoms with E-state index in [1.165, 1.54) is 12.3 Å². The van der Waals surface area contributed by atoms with Crippen LogP contribution in [-0.2, 0) is 4.74 Å². The third-order valence-corrected chi connectivity index (χ3v) is 5.98. The number of nitrogens with one attached hydrogen (secondary N) is 2. The number of para-hydroxylation sites is 1. The quantitative estimate of drug-likeness (QED) is 0.408. The lowest BCUT2D eigenvalue weighted by Gasteiger charge is -2.14. The molecular weight excluding hydrogens is 418 g/mol. The van der Waals surface area contributed by atoms with Crippen LogP contribution in [-0.4, -0.2) is 47.2 Å². The lowest BCUT2D eigenvalue weighted by atomic mass is 10.1. The van der Waals surface area contributed by atoms with Crippen LogP contribution in [0.2, 0.25) is 0 Å². The maximum Gasteiger partial charge on any atom is 0.340 e. The summed E-state index contributed by atoms with van der Waals surface area (Å²) in [6.07, 6.45) is 3.47. The second-order valence-corrected chi connectivity index (χ2v) is 8.22. The van der Waals surface area contributed by atoms with Crippen molar-refractivity contribution in [3.05, 3.63) is 82.7 Å². The summed E-state index contributed by atoms with van der Waals surface area (Å²) in [5, 5.41) is 3.29. The maximum absolute atomic E-state index is 12.7. The Labute approximate surface area is 192 Å². The molecule has 0 spiro atoms. The summed E-state index contributed by atoms with van der Waals surface area (Å²) >= 11 is 0. The van der Waals surface area contributed by atoms with E-state index in [2.05, 4.69) is 10.3 Å². The highest BCUT2D eigenvalue weighted by Crippen LogP contribution is 2.26. The Morgan fingerprint density at radius 3 is 2.52 bits per heavy atom. The SMILES string of the molecule is Cc1cccc(Nc2ccccc2C(=O)OCC(=O)c2c[nH]c(C(=O)N3CCCC3)c2)c1C. The van der Waals surface area contributed by atoms with Gasteiger partial charge in [0.05, 0.1) is 11.3 Å². The van der Waals surface area contributed by atoms with Crippen molar-refractivity contribution in [2.24, 2.45) is 0 Å². The summed E-state index contributed by atoms with van der Waals surface area (Å²) in [7, 11) is 0. The molecule has 0 radical (unpaired) electrons. The first kappa shape index (κ1) is 22.3. The van der Waals surface area contributed by atoms with E-state index >= 15 is 0 Å². The average molecular weight is 446 g/mol. The van der Waals surface area contributed by atoms with E-state index in [0.29, 0.717) is 22.5 Å². The minimum atomic E-state index is -0.597. The van der Waals surface area contributed by atoms with Crippen molar-refractivity contribution < 1.29 is 19.1 Å². The summed E-state index contributed by atoms with van der Waals surface area (Å²) in [6.45, 7) is 5.09. The van der Waals surface area contributed by atoms with E-state index in [-0.39, 0.29) is 11.7 Å². The lowest BCUT2D eigenvalue weighted by molar-refractivity contribution is 0.0475. The second kappa shape index (κ2) is 9.73. The molecule has 0 bridgehead atoms. The van der Waals surface area contributed by atoms with Crippen molar-refractivity contribution in [3.8, 4) is 0 Å². The van der Waals surface area contributed by atoms with Gasteiger partial charge in [-0.1, -0.05) is 24.3 Å². The maximum atomic E-state index is 12.7. The summed E-state index contributed by atoms with van der Waals surface area (Å²) < 4.78 is 5.31. The highest BCUT2D eigenvalue weighted by molar-refractivity contribution is 6.03. The number of aromatic nitrogens is 1. The molecule has 1 saturated heterocycles. The number of rotatable bonds is 7. The summed E-state index contributed by atoms with van der Waals surface area (Å²) in [5.74, 6) is -1.09. The summed E-state index contributed by atoms with van der Waals surface area (Å²) in [5.41, 5.74) is 4.74. The third-order valence-electron chi connectivity index (χ3n) is 5.98. The molecule has 2 N–H and O–H groups in total. The number of ether oxygens (including phenoxy) is 1. The van der Waals surface area contributed by atoms with Crippen molar-refractivity contribution in [3.63, 3.8) is 0 Å². The normalized spacial score (nSPS) is 13.1. The van der Waals surface area contributed by atoms with Crippen LogP contribution in [0.4, 0.5) is 11.4 Å². The number of hydrogen-bond acceptors (Lipinski definition) is 5. The van der Waals surface area contributed by atoms with Crippen LogP contribution in [0.1, 0.15) is 55.2 Å². The van der Waals surface area contributed by atoms with Gasteiger partial charge in [0.25, 0.3) is 5.91 Å². The molecule has 3 aromatic rings. The standard InChI is InChI=1S/C26H27N3O4/c1-17-8-7-11-21(18(17)2)28-22-10-4-3-9-20(22)26(32)33-16-24(30)19-14-23(27-15-19)25(31)29-12-5-6-13-29/h3-4,7-11,14-15,27-28H,5-6,12-13,16H2,1-2H3.